The van der Waals surface area contributed by atoms with Crippen molar-refractivity contribution >= 4 is 29.2 Å². The molecule has 362 valence electrons. The van der Waals surface area contributed by atoms with Gasteiger partial charge in [0, 0.05) is 41.9 Å². The Labute approximate surface area is 402 Å². The number of pyridine rings is 2. The predicted molar refractivity (Wildman–Crippen MR) is 265 cm³/mol. The van der Waals surface area contributed by atoms with Crippen molar-refractivity contribution in [2.75, 3.05) is 44.5 Å². The average Bonchev–Trinajstić information content (AvgIpc) is 4.05. The quantitative estimate of drug-likeness (QED) is 0.0363. The first kappa shape index (κ1) is 48.0. The molecule has 12 heteroatoms. The lowest BCUT2D eigenvalue weighted by atomic mass is 9.65. The highest BCUT2D eigenvalue weighted by molar-refractivity contribution is 6.33. The third-order valence-corrected chi connectivity index (χ3v) is 16.7. The molecule has 2 fully saturated rings. The van der Waals surface area contributed by atoms with E-state index in [9.17, 15) is 5.11 Å². The van der Waals surface area contributed by atoms with Gasteiger partial charge in [0.2, 0.25) is 5.78 Å². The van der Waals surface area contributed by atoms with Gasteiger partial charge in [0.05, 0.1) is 19.9 Å². The van der Waals surface area contributed by atoms with Gasteiger partial charge in [0.15, 0.2) is 11.4 Å². The Morgan fingerprint density at radius 3 is 2.56 bits per heavy atom. The summed E-state index contributed by atoms with van der Waals surface area (Å²) in [5, 5.41) is 21.4. The molecular formula is C56H72N6O6. The fourth-order valence-corrected chi connectivity index (χ4v) is 13.1. The van der Waals surface area contributed by atoms with E-state index in [1.807, 2.05) is 50.6 Å². The molecule has 1 spiro atoms. The van der Waals surface area contributed by atoms with E-state index in [0.29, 0.717) is 49.2 Å². The fraction of sp³-hybridized carbons (Fsp3) is 0.554. The number of Topliss-reactive ketones (excluding diaryl/α,β-unsaturated/α-hetero) is 2. The van der Waals surface area contributed by atoms with Gasteiger partial charge >= 0.3 is 5.97 Å². The molecule has 2 aliphatic heterocycles. The van der Waals surface area contributed by atoms with Crippen LogP contribution in [0, 0.1) is 23.2 Å². The number of esters is 1. The van der Waals surface area contributed by atoms with Crippen molar-refractivity contribution in [3.63, 3.8) is 0 Å². The van der Waals surface area contributed by atoms with Gasteiger partial charge in [-0.05, 0) is 147 Å². The third-order valence-electron chi connectivity index (χ3n) is 16.7. The summed E-state index contributed by atoms with van der Waals surface area (Å²) >= 11 is 0. The number of hydrogen-bond acceptors (Lipinski definition) is 12. The van der Waals surface area contributed by atoms with Crippen molar-refractivity contribution in [2.24, 2.45) is 23.2 Å². The number of nitrogens with one attached hydrogen (secondary N) is 3. The summed E-state index contributed by atoms with van der Waals surface area (Å²) in [4.78, 5) is 55.3. The number of aliphatic hydroxyl groups excluding tert-OH is 1. The highest BCUT2D eigenvalue weighted by Gasteiger charge is 2.86. The molecule has 1 aromatic carbocycles. The lowest BCUT2D eigenvalue weighted by Gasteiger charge is -2.40. The van der Waals surface area contributed by atoms with Crippen molar-refractivity contribution in [1.29, 1.82) is 0 Å². The van der Waals surface area contributed by atoms with E-state index in [-0.39, 0.29) is 53.6 Å². The van der Waals surface area contributed by atoms with E-state index in [4.69, 9.17) is 15.2 Å². The topological polar surface area (TPSA) is 181 Å². The Bertz CT molecular complexity index is 2480. The molecule has 68 heavy (non-hydrogen) atoms. The molecule has 0 amide bonds. The number of anilines is 2. The summed E-state index contributed by atoms with van der Waals surface area (Å²) in [7, 11) is 1.88. The van der Waals surface area contributed by atoms with Gasteiger partial charge < -0.3 is 36.3 Å². The summed E-state index contributed by atoms with van der Waals surface area (Å²) in [6.45, 7) is 7.42. The van der Waals surface area contributed by atoms with Crippen LogP contribution in [0.15, 0.2) is 89.8 Å². The monoisotopic (exact) mass is 925 g/mol. The average molecular weight is 925 g/mol. The van der Waals surface area contributed by atoms with Crippen LogP contribution in [0.5, 0.6) is 0 Å². The molecule has 2 aromatic heterocycles. The number of cyclic esters (lactones) is 1. The van der Waals surface area contributed by atoms with E-state index < -0.39 is 28.7 Å². The normalized spacial score (nSPS) is 30.3. The highest BCUT2D eigenvalue weighted by Crippen LogP contribution is 2.60. The van der Waals surface area contributed by atoms with E-state index in [2.05, 4.69) is 70.1 Å². The maximum absolute atomic E-state index is 15.7. The van der Waals surface area contributed by atoms with Crippen LogP contribution in [0.4, 0.5) is 11.6 Å². The van der Waals surface area contributed by atoms with Crippen LogP contribution < -0.4 is 21.7 Å². The second-order valence-corrected chi connectivity index (χ2v) is 21.3. The lowest BCUT2D eigenvalue weighted by Crippen LogP contribution is -2.52. The summed E-state index contributed by atoms with van der Waals surface area (Å²) in [5.41, 5.74) is 7.71. The number of nitrogen functional groups attached to an aromatic ring is 1. The van der Waals surface area contributed by atoms with E-state index in [1.54, 1.807) is 6.07 Å². The summed E-state index contributed by atoms with van der Waals surface area (Å²) in [5.74, 6) is 0.241. The minimum Gasteiger partial charge on any atom is -0.463 e. The number of nitrogens with zero attached hydrogens (tertiary/aromatic N) is 2. The molecule has 0 radical (unpaired) electrons. The van der Waals surface area contributed by atoms with Crippen molar-refractivity contribution in [2.45, 2.75) is 140 Å². The van der Waals surface area contributed by atoms with Gasteiger partial charge in [-0.3, -0.25) is 9.59 Å². The zero-order chi connectivity index (χ0) is 47.7. The molecule has 7 atom stereocenters. The van der Waals surface area contributed by atoms with Gasteiger partial charge in [0.1, 0.15) is 11.6 Å². The van der Waals surface area contributed by atoms with Gasteiger partial charge in [-0.25, -0.2) is 14.8 Å². The first-order chi connectivity index (χ1) is 32.9. The fourth-order valence-electron chi connectivity index (χ4n) is 13.1. The molecule has 4 heterocycles. The highest BCUT2D eigenvalue weighted by atomic mass is 16.7. The van der Waals surface area contributed by atoms with E-state index in [1.165, 1.54) is 11.1 Å². The summed E-state index contributed by atoms with van der Waals surface area (Å²) < 4.78 is 13.0. The van der Waals surface area contributed by atoms with Crippen molar-refractivity contribution in [3.8, 4) is 0 Å². The zero-order valence-corrected chi connectivity index (χ0v) is 40.6. The van der Waals surface area contributed by atoms with Gasteiger partial charge in [-0.2, -0.15) is 0 Å². The molecule has 9 rings (SSSR count). The molecule has 0 unspecified atom stereocenters. The Morgan fingerprint density at radius 1 is 0.971 bits per heavy atom. The van der Waals surface area contributed by atoms with Crippen LogP contribution >= 0.6 is 0 Å². The van der Waals surface area contributed by atoms with Gasteiger partial charge in [-0.1, -0.05) is 94.0 Å². The van der Waals surface area contributed by atoms with E-state index in [0.717, 1.165) is 99.7 Å². The number of allylic oxidation sites excluding steroid dienone is 4. The largest absolute Gasteiger partial charge is 0.463 e. The first-order valence-corrected chi connectivity index (χ1v) is 25.4. The Balaban J connectivity index is 1.12. The number of epoxide rings is 1. The number of nitrogens with two attached hydrogens (primary N) is 1. The number of carbonyl (C=O) groups is 3. The number of carbonyl (C=O) groups excluding carboxylic acids is 3. The molecular weight excluding hydrogens is 853 g/mol. The molecule has 1 saturated heterocycles. The number of aliphatic hydroxyl groups is 1. The SMILES string of the molecule is CCN[C@@H]1C=C2C=CC[C@@H]3CCCC[C@](C)(Cc4ccc(N)nc4)Cc4cccc5c4C(=O)[C@]4(O[C@@]4(C/C(CO)=C(\C)CC4(c6ccnc(NCNC)c6)CCCCC4)C5=O)C(=O)OC[C@@H]1C[C@H]23. The van der Waals surface area contributed by atoms with Gasteiger partial charge in [0.25, 0.3) is 5.60 Å². The second-order valence-electron chi connectivity index (χ2n) is 21.3. The molecule has 3 aromatic rings. The molecule has 6 aliphatic rings. The number of ether oxygens (including phenoxy) is 2. The summed E-state index contributed by atoms with van der Waals surface area (Å²) in [6.07, 6.45) is 23.4. The Morgan fingerprint density at radius 2 is 1.79 bits per heavy atom. The zero-order valence-electron chi connectivity index (χ0n) is 40.6. The minimum absolute atomic E-state index is 0.0271. The van der Waals surface area contributed by atoms with Crippen LogP contribution in [0.1, 0.15) is 142 Å². The van der Waals surface area contributed by atoms with Crippen molar-refractivity contribution < 1.29 is 29.0 Å². The standard InChI is InChI=1S/C56H72N6O6/c1-5-59-46-26-39-15-11-14-38-13-7-10-21-53(3,29-37-18-19-47(57)61-32-37)30-40-16-12-17-44-49(40)51(65)56(52(66)67-34-41(46)25-45(38)39)55(68-56,50(44)64)31-42(33-63)36(2)28-54(22-8-6-9-23-54)43-20-24-60-48(27-43)62-35-58-4/h11-12,15-20,24,26-27,32,38,41,45-46,58-59,63H,5-10,13-14,21-23,25,28-31,33-35H2,1-4H3,(H2,57,61)(H,60,62)/b42-36-/t38-,41-,45-,46+,53+,55-,56-/m0/s1. The van der Waals surface area contributed by atoms with Crippen molar-refractivity contribution in [1.82, 2.24) is 20.6 Å². The van der Waals surface area contributed by atoms with Crippen LogP contribution in [0.2, 0.25) is 0 Å². The number of hydrogen-bond donors (Lipinski definition) is 5. The van der Waals surface area contributed by atoms with Gasteiger partial charge in [-0.15, -0.1) is 0 Å². The number of benzene rings is 1. The minimum atomic E-state index is -2.19. The third kappa shape index (κ3) is 9.02. The van der Waals surface area contributed by atoms with Crippen LogP contribution in [0.25, 0.3) is 0 Å². The smallest absolute Gasteiger partial charge is 0.350 e. The number of ketones is 2. The molecule has 4 bridgehead atoms. The Hall–Kier alpha value is -5.01. The molecule has 1 saturated carbocycles. The van der Waals surface area contributed by atoms with Crippen molar-refractivity contribution in [3.05, 3.63) is 118 Å². The number of rotatable bonds is 13. The lowest BCUT2D eigenvalue weighted by molar-refractivity contribution is -0.150. The number of likely N-dealkylation sites (N-methyl/N-ethyl adjacent to an activating group) is 1. The maximum Gasteiger partial charge on any atom is 0.350 e. The molecule has 4 aliphatic carbocycles. The number of fused-ring (bicyclic) bond motifs is 1. The first-order valence-electron chi connectivity index (χ1n) is 25.4. The van der Waals surface area contributed by atoms with Crippen LogP contribution in [0.3, 0.4) is 0 Å². The summed E-state index contributed by atoms with van der Waals surface area (Å²) in [6, 6.07) is 13.5. The van der Waals surface area contributed by atoms with Crippen LogP contribution in [-0.4, -0.2) is 83.3 Å². The van der Waals surface area contributed by atoms with Crippen LogP contribution in [-0.2, 0) is 32.5 Å². The van der Waals surface area contributed by atoms with E-state index >= 15 is 14.4 Å². The number of aromatic nitrogens is 2. The maximum atomic E-state index is 15.7. The second kappa shape index (κ2) is 19.8. The Kier molecular flexibility index (Phi) is 14.0. The molecule has 6 N–H and O–H groups in total. The predicted octanol–water partition coefficient (Wildman–Crippen LogP) is 8.55. The molecule has 12 nitrogen and oxygen atoms in total.